The van der Waals surface area contributed by atoms with Gasteiger partial charge in [-0.2, -0.15) is 16.4 Å². The number of rotatable bonds is 3. The Balaban J connectivity index is 1.67. The first-order valence-corrected chi connectivity index (χ1v) is 8.13. The lowest BCUT2D eigenvalue weighted by molar-refractivity contribution is -0.114. The quantitative estimate of drug-likeness (QED) is 0.944. The van der Waals surface area contributed by atoms with Crippen molar-refractivity contribution in [2.45, 2.75) is 26.3 Å². The predicted molar refractivity (Wildman–Crippen MR) is 85.1 cm³/mol. The molecule has 0 radical (unpaired) electrons. The molecule has 1 atom stereocenters. The summed E-state index contributed by atoms with van der Waals surface area (Å²) in [5.74, 6) is 0.503. The smallest absolute Gasteiger partial charge is 0.255 e. The molecule has 1 N–H and O–H groups in total. The Hall–Kier alpha value is -2.15. The van der Waals surface area contributed by atoms with E-state index in [4.69, 9.17) is 0 Å². The third-order valence-electron chi connectivity index (χ3n) is 3.82. The molecule has 116 valence electrons. The molecule has 1 fully saturated rings. The highest BCUT2D eigenvalue weighted by molar-refractivity contribution is 7.08. The standard InChI is InChI=1S/C15H18N4O2S/c1-10-8-22-9-13(10)15(21)18-5-3-12(7-18)19-6-4-14(17-19)16-11(2)20/h4,6,8-9,12H,3,5,7H2,1-2H3,(H,16,17,20)/t12-/m0/s1. The predicted octanol–water partition coefficient (Wildman–Crippen LogP) is 2.30. The first-order valence-electron chi connectivity index (χ1n) is 7.19. The monoisotopic (exact) mass is 318 g/mol. The van der Waals surface area contributed by atoms with E-state index in [1.807, 2.05) is 33.5 Å². The number of thiophene rings is 1. The Morgan fingerprint density at radius 2 is 2.23 bits per heavy atom. The zero-order valence-electron chi connectivity index (χ0n) is 12.6. The van der Waals surface area contributed by atoms with Gasteiger partial charge in [0, 0.05) is 37.7 Å². The van der Waals surface area contributed by atoms with Crippen molar-refractivity contribution in [1.82, 2.24) is 14.7 Å². The van der Waals surface area contributed by atoms with Crippen LogP contribution in [-0.2, 0) is 4.79 Å². The Kier molecular flexibility index (Phi) is 3.98. The van der Waals surface area contributed by atoms with Crippen molar-refractivity contribution in [2.75, 3.05) is 18.4 Å². The van der Waals surface area contributed by atoms with Gasteiger partial charge in [0.1, 0.15) is 0 Å². The van der Waals surface area contributed by atoms with Gasteiger partial charge in [-0.05, 0) is 24.3 Å². The van der Waals surface area contributed by atoms with Gasteiger partial charge < -0.3 is 10.2 Å². The van der Waals surface area contributed by atoms with Crippen LogP contribution in [0, 0.1) is 6.92 Å². The highest BCUT2D eigenvalue weighted by atomic mass is 32.1. The number of nitrogens with zero attached hydrogens (tertiary/aromatic N) is 3. The lowest BCUT2D eigenvalue weighted by Crippen LogP contribution is -2.29. The minimum Gasteiger partial charge on any atom is -0.336 e. The Morgan fingerprint density at radius 3 is 2.91 bits per heavy atom. The number of carbonyl (C=O) groups excluding carboxylic acids is 2. The van der Waals surface area contributed by atoms with Gasteiger partial charge in [-0.1, -0.05) is 0 Å². The molecule has 2 amide bonds. The summed E-state index contributed by atoms with van der Waals surface area (Å²) in [6, 6.07) is 1.93. The molecule has 0 saturated carbocycles. The molecule has 3 rings (SSSR count). The van der Waals surface area contributed by atoms with Gasteiger partial charge in [-0.3, -0.25) is 14.3 Å². The largest absolute Gasteiger partial charge is 0.336 e. The summed E-state index contributed by atoms with van der Waals surface area (Å²) in [7, 11) is 0. The normalized spacial score (nSPS) is 17.7. The first-order chi connectivity index (χ1) is 10.5. The molecule has 6 nitrogen and oxygen atoms in total. The van der Waals surface area contributed by atoms with Gasteiger partial charge in [0.15, 0.2) is 5.82 Å². The molecule has 0 aliphatic carbocycles. The second kappa shape index (κ2) is 5.92. The molecule has 0 bridgehead atoms. The number of aryl methyl sites for hydroxylation is 1. The van der Waals surface area contributed by atoms with Crippen LogP contribution in [0.4, 0.5) is 5.82 Å². The minimum atomic E-state index is -0.138. The van der Waals surface area contributed by atoms with E-state index in [1.54, 1.807) is 17.4 Å². The molecule has 2 aromatic heterocycles. The number of amides is 2. The third-order valence-corrected chi connectivity index (χ3v) is 4.68. The van der Waals surface area contributed by atoms with Gasteiger partial charge in [0.05, 0.1) is 11.6 Å². The Morgan fingerprint density at radius 1 is 1.41 bits per heavy atom. The van der Waals surface area contributed by atoms with E-state index in [9.17, 15) is 9.59 Å². The molecule has 7 heteroatoms. The average molecular weight is 318 g/mol. The summed E-state index contributed by atoms with van der Waals surface area (Å²) in [5, 5.41) is 10.9. The van der Waals surface area contributed by atoms with Gasteiger partial charge in [-0.15, -0.1) is 0 Å². The Labute approximate surface area is 132 Å². The molecule has 22 heavy (non-hydrogen) atoms. The summed E-state index contributed by atoms with van der Waals surface area (Å²) in [4.78, 5) is 25.4. The summed E-state index contributed by atoms with van der Waals surface area (Å²) in [6.45, 7) is 4.80. The number of hydrogen-bond donors (Lipinski definition) is 1. The van der Waals surface area contributed by atoms with E-state index >= 15 is 0 Å². The highest BCUT2D eigenvalue weighted by Crippen LogP contribution is 2.25. The first kappa shape index (κ1) is 14.8. The average Bonchev–Trinajstić information content (AvgIpc) is 3.16. The molecule has 3 heterocycles. The molecular weight excluding hydrogens is 300 g/mol. The summed E-state index contributed by atoms with van der Waals surface area (Å²) < 4.78 is 1.83. The number of nitrogens with one attached hydrogen (secondary N) is 1. The molecule has 1 aliphatic heterocycles. The maximum atomic E-state index is 12.5. The minimum absolute atomic E-state index is 0.0930. The molecule has 1 saturated heterocycles. The lowest BCUT2D eigenvalue weighted by atomic mass is 10.2. The van der Waals surface area contributed by atoms with Crippen molar-refractivity contribution in [2.24, 2.45) is 0 Å². The van der Waals surface area contributed by atoms with Crippen LogP contribution < -0.4 is 5.32 Å². The van der Waals surface area contributed by atoms with Crippen LogP contribution in [0.25, 0.3) is 0 Å². The number of anilines is 1. The van der Waals surface area contributed by atoms with Crippen LogP contribution in [-0.4, -0.2) is 39.6 Å². The van der Waals surface area contributed by atoms with Crippen LogP contribution in [0.15, 0.2) is 23.0 Å². The Bertz CT molecular complexity index is 706. The van der Waals surface area contributed by atoms with Crippen LogP contribution in [0.3, 0.4) is 0 Å². The fourth-order valence-electron chi connectivity index (χ4n) is 2.68. The molecule has 1 aliphatic rings. The molecule has 2 aromatic rings. The zero-order valence-corrected chi connectivity index (χ0v) is 13.4. The van der Waals surface area contributed by atoms with Crippen molar-refractivity contribution in [3.05, 3.63) is 34.2 Å². The molecule has 0 aromatic carbocycles. The number of carbonyl (C=O) groups is 2. The maximum absolute atomic E-state index is 12.5. The topological polar surface area (TPSA) is 67.2 Å². The van der Waals surface area contributed by atoms with Crippen molar-refractivity contribution < 1.29 is 9.59 Å². The second-order valence-electron chi connectivity index (χ2n) is 5.52. The molecular formula is C15H18N4O2S. The van der Waals surface area contributed by atoms with Gasteiger partial charge in [-0.25, -0.2) is 0 Å². The zero-order chi connectivity index (χ0) is 15.7. The van der Waals surface area contributed by atoms with Crippen LogP contribution in [0.2, 0.25) is 0 Å². The van der Waals surface area contributed by atoms with Gasteiger partial charge >= 0.3 is 0 Å². The van der Waals surface area contributed by atoms with Crippen LogP contribution in [0.1, 0.15) is 35.3 Å². The SMILES string of the molecule is CC(=O)Nc1ccn([C@H]2CCN(C(=O)c3cscc3C)C2)n1. The van der Waals surface area contributed by atoms with E-state index in [2.05, 4.69) is 10.4 Å². The maximum Gasteiger partial charge on any atom is 0.255 e. The molecule has 0 unspecified atom stereocenters. The van der Waals surface area contributed by atoms with E-state index in [0.717, 1.165) is 24.1 Å². The fraction of sp³-hybridized carbons (Fsp3) is 0.400. The van der Waals surface area contributed by atoms with Crippen molar-refractivity contribution in [1.29, 1.82) is 0 Å². The summed E-state index contributed by atoms with van der Waals surface area (Å²) in [6.07, 6.45) is 2.72. The second-order valence-corrected chi connectivity index (χ2v) is 6.27. The van der Waals surface area contributed by atoms with E-state index in [-0.39, 0.29) is 17.9 Å². The van der Waals surface area contributed by atoms with E-state index < -0.39 is 0 Å². The van der Waals surface area contributed by atoms with Crippen molar-refractivity contribution >= 4 is 29.0 Å². The summed E-state index contributed by atoms with van der Waals surface area (Å²) in [5.41, 5.74) is 1.83. The number of hydrogen-bond acceptors (Lipinski definition) is 4. The van der Waals surface area contributed by atoms with E-state index in [1.165, 1.54) is 6.92 Å². The number of aromatic nitrogens is 2. The van der Waals surface area contributed by atoms with Gasteiger partial charge in [0.2, 0.25) is 5.91 Å². The van der Waals surface area contributed by atoms with E-state index in [0.29, 0.717) is 12.4 Å². The lowest BCUT2D eigenvalue weighted by Gasteiger charge is -2.16. The van der Waals surface area contributed by atoms with Crippen molar-refractivity contribution in [3.63, 3.8) is 0 Å². The van der Waals surface area contributed by atoms with Gasteiger partial charge in [0.25, 0.3) is 5.91 Å². The van der Waals surface area contributed by atoms with Crippen LogP contribution in [0.5, 0.6) is 0 Å². The van der Waals surface area contributed by atoms with Crippen molar-refractivity contribution in [3.8, 4) is 0 Å². The third kappa shape index (κ3) is 2.89. The molecule has 0 spiro atoms. The number of likely N-dealkylation sites (tertiary alicyclic amines) is 1. The highest BCUT2D eigenvalue weighted by Gasteiger charge is 2.29. The fourth-order valence-corrected chi connectivity index (χ4v) is 3.50. The summed E-state index contributed by atoms with van der Waals surface area (Å²) >= 11 is 1.55. The van der Waals surface area contributed by atoms with Crippen LogP contribution >= 0.6 is 11.3 Å².